The van der Waals surface area contributed by atoms with Crippen LogP contribution < -0.4 is 0 Å². The van der Waals surface area contributed by atoms with E-state index in [2.05, 4.69) is 4.98 Å². The molecule has 0 atom stereocenters. The highest BCUT2D eigenvalue weighted by atomic mass is 32.1. The third kappa shape index (κ3) is 3.34. The number of hydrogen-bond acceptors (Lipinski definition) is 5. The first kappa shape index (κ1) is 18.1. The molecule has 2 aromatic carbocycles. The van der Waals surface area contributed by atoms with Crippen molar-refractivity contribution in [1.29, 1.82) is 0 Å². The van der Waals surface area contributed by atoms with Gasteiger partial charge in [-0.05, 0) is 42.8 Å². The Morgan fingerprint density at radius 2 is 1.86 bits per heavy atom. The van der Waals surface area contributed by atoms with Gasteiger partial charge in [-0.3, -0.25) is 9.36 Å². The first-order chi connectivity index (χ1) is 13.5. The molecule has 4 rings (SSSR count). The van der Waals surface area contributed by atoms with Gasteiger partial charge in [0.05, 0.1) is 5.56 Å². The molecule has 0 saturated heterocycles. The Labute approximate surface area is 166 Å². The third-order valence-electron chi connectivity index (χ3n) is 4.66. The van der Waals surface area contributed by atoms with Crippen LogP contribution in [-0.2, 0) is 4.74 Å². The normalized spacial score (nSPS) is 10.9. The van der Waals surface area contributed by atoms with Crippen LogP contribution in [0.1, 0.15) is 32.1 Å². The average Bonchev–Trinajstić information content (AvgIpc) is 3.33. The number of nitrogens with zero attached hydrogens (tertiary/aromatic N) is 2. The Bertz CT molecular complexity index is 1180. The number of Topliss-reactive ketones (excluding diaryl/α,β-unsaturated/α-hetero) is 1. The Morgan fingerprint density at radius 3 is 2.61 bits per heavy atom. The predicted octanol–water partition coefficient (Wildman–Crippen LogP) is 4.74. The molecule has 2 heterocycles. The van der Waals surface area contributed by atoms with Crippen LogP contribution in [0.5, 0.6) is 0 Å². The van der Waals surface area contributed by atoms with Gasteiger partial charge in [-0.1, -0.05) is 30.3 Å². The first-order valence-corrected chi connectivity index (χ1v) is 9.70. The van der Waals surface area contributed by atoms with Gasteiger partial charge >= 0.3 is 5.97 Å². The number of thiazole rings is 1. The van der Waals surface area contributed by atoms with E-state index in [1.165, 1.54) is 11.3 Å². The topological polar surface area (TPSA) is 61.2 Å². The Morgan fingerprint density at radius 1 is 1.07 bits per heavy atom. The van der Waals surface area contributed by atoms with E-state index >= 15 is 0 Å². The average molecular weight is 390 g/mol. The van der Waals surface area contributed by atoms with Crippen molar-refractivity contribution in [3.63, 3.8) is 0 Å². The summed E-state index contributed by atoms with van der Waals surface area (Å²) >= 11 is 1.50. The van der Waals surface area contributed by atoms with Crippen LogP contribution in [0, 0.1) is 13.8 Å². The summed E-state index contributed by atoms with van der Waals surface area (Å²) in [6.45, 7) is 3.49. The van der Waals surface area contributed by atoms with E-state index in [9.17, 15) is 9.59 Å². The maximum Gasteiger partial charge on any atom is 0.338 e. The molecule has 0 unspecified atom stereocenters. The molecule has 0 radical (unpaired) electrons. The number of esters is 1. The van der Waals surface area contributed by atoms with Crippen LogP contribution in [0.2, 0.25) is 0 Å². The third-order valence-corrected chi connectivity index (χ3v) is 5.42. The summed E-state index contributed by atoms with van der Waals surface area (Å²) in [6, 6.07) is 14.9. The molecule has 140 valence electrons. The summed E-state index contributed by atoms with van der Waals surface area (Å²) in [5.41, 5.74) is 2.68. The van der Waals surface area contributed by atoms with Crippen molar-refractivity contribution in [3.05, 3.63) is 82.6 Å². The van der Waals surface area contributed by atoms with Gasteiger partial charge in [0.15, 0.2) is 11.7 Å². The Hall–Kier alpha value is -3.25. The van der Waals surface area contributed by atoms with E-state index in [0.29, 0.717) is 11.1 Å². The minimum atomic E-state index is -0.507. The molecule has 5 nitrogen and oxygen atoms in total. The summed E-state index contributed by atoms with van der Waals surface area (Å²) in [5, 5.41) is 4.70. The molecule has 6 heteroatoms. The summed E-state index contributed by atoms with van der Waals surface area (Å²) in [4.78, 5) is 29.3. The molecule has 0 N–H and O–H groups in total. The molecule has 0 aliphatic rings. The second-order valence-corrected chi connectivity index (χ2v) is 7.37. The highest BCUT2D eigenvalue weighted by Crippen LogP contribution is 2.23. The number of aryl methyl sites for hydroxylation is 1. The highest BCUT2D eigenvalue weighted by Gasteiger charge is 2.19. The van der Waals surface area contributed by atoms with E-state index in [-0.39, 0.29) is 12.4 Å². The van der Waals surface area contributed by atoms with E-state index in [0.717, 1.165) is 27.3 Å². The van der Waals surface area contributed by atoms with Crippen molar-refractivity contribution in [2.45, 2.75) is 13.8 Å². The minimum absolute atomic E-state index is 0.231. The van der Waals surface area contributed by atoms with Crippen molar-refractivity contribution in [2.75, 3.05) is 6.61 Å². The fourth-order valence-corrected chi connectivity index (χ4v) is 4.03. The van der Waals surface area contributed by atoms with Crippen LogP contribution in [0.15, 0.2) is 60.1 Å². The zero-order valence-electron chi connectivity index (χ0n) is 15.5. The standard InChI is InChI=1S/C22H18N2O3S/c1-14-11-19(15(2)24(14)22-23-9-10-28-22)20(25)13-27-21(26)18-8-7-16-5-3-4-6-17(16)12-18/h3-12H,13H2,1-2H3. The van der Waals surface area contributed by atoms with Crippen LogP contribution in [-0.4, -0.2) is 27.9 Å². The van der Waals surface area contributed by atoms with Crippen molar-refractivity contribution < 1.29 is 14.3 Å². The van der Waals surface area contributed by atoms with Gasteiger partial charge < -0.3 is 4.74 Å². The lowest BCUT2D eigenvalue weighted by Crippen LogP contribution is -2.15. The van der Waals surface area contributed by atoms with E-state index in [1.807, 2.05) is 60.2 Å². The highest BCUT2D eigenvalue weighted by molar-refractivity contribution is 7.12. The van der Waals surface area contributed by atoms with E-state index in [4.69, 9.17) is 4.74 Å². The molecule has 0 bridgehead atoms. The predicted molar refractivity (Wildman–Crippen MR) is 109 cm³/mol. The largest absolute Gasteiger partial charge is 0.454 e. The van der Waals surface area contributed by atoms with Gasteiger partial charge in [0.1, 0.15) is 0 Å². The van der Waals surface area contributed by atoms with Crippen molar-refractivity contribution in [2.24, 2.45) is 0 Å². The molecule has 0 spiro atoms. The van der Waals surface area contributed by atoms with Crippen LogP contribution >= 0.6 is 11.3 Å². The molecule has 0 fully saturated rings. The van der Waals surface area contributed by atoms with Crippen LogP contribution in [0.25, 0.3) is 15.9 Å². The van der Waals surface area contributed by atoms with E-state index in [1.54, 1.807) is 18.3 Å². The van der Waals surface area contributed by atoms with Crippen molar-refractivity contribution in [3.8, 4) is 5.13 Å². The number of carbonyl (C=O) groups excluding carboxylic acids is 2. The number of hydrogen-bond donors (Lipinski definition) is 0. The van der Waals surface area contributed by atoms with Crippen molar-refractivity contribution >= 4 is 33.9 Å². The smallest absolute Gasteiger partial charge is 0.338 e. The van der Waals surface area contributed by atoms with Gasteiger partial charge in [-0.25, -0.2) is 9.78 Å². The summed E-state index contributed by atoms with van der Waals surface area (Å²) in [7, 11) is 0. The minimum Gasteiger partial charge on any atom is -0.454 e. The van der Waals surface area contributed by atoms with Gasteiger partial charge in [0.25, 0.3) is 0 Å². The van der Waals surface area contributed by atoms with Crippen molar-refractivity contribution in [1.82, 2.24) is 9.55 Å². The quantitative estimate of drug-likeness (QED) is 0.365. The number of rotatable bonds is 5. The second kappa shape index (κ2) is 7.40. The van der Waals surface area contributed by atoms with Crippen LogP contribution in [0.3, 0.4) is 0 Å². The number of aromatic nitrogens is 2. The fraction of sp³-hybridized carbons (Fsp3) is 0.136. The molecule has 28 heavy (non-hydrogen) atoms. The van der Waals surface area contributed by atoms with Gasteiger partial charge in [-0.2, -0.15) is 0 Å². The fourth-order valence-electron chi connectivity index (χ4n) is 3.27. The zero-order chi connectivity index (χ0) is 19.7. The maximum atomic E-state index is 12.6. The zero-order valence-corrected chi connectivity index (χ0v) is 16.3. The summed E-state index contributed by atoms with van der Waals surface area (Å²) in [6.07, 6.45) is 1.73. The number of carbonyl (C=O) groups is 2. The molecular formula is C22H18N2O3S. The van der Waals surface area contributed by atoms with Gasteiger partial charge in [-0.15, -0.1) is 11.3 Å². The number of ether oxygens (including phenoxy) is 1. The Kier molecular flexibility index (Phi) is 4.79. The number of ketones is 1. The summed E-state index contributed by atoms with van der Waals surface area (Å²) < 4.78 is 7.21. The van der Waals surface area contributed by atoms with Crippen LogP contribution in [0.4, 0.5) is 0 Å². The molecule has 4 aromatic rings. The second-order valence-electron chi connectivity index (χ2n) is 6.50. The lowest BCUT2D eigenvalue weighted by Gasteiger charge is -2.07. The monoisotopic (exact) mass is 390 g/mol. The molecule has 2 aromatic heterocycles. The molecule has 0 amide bonds. The SMILES string of the molecule is Cc1cc(C(=O)COC(=O)c2ccc3ccccc3c2)c(C)n1-c1nccs1. The Balaban J connectivity index is 1.49. The molecular weight excluding hydrogens is 372 g/mol. The molecule has 0 aliphatic heterocycles. The maximum absolute atomic E-state index is 12.6. The molecule has 0 aliphatic carbocycles. The summed E-state index contributed by atoms with van der Waals surface area (Å²) in [5.74, 6) is -0.738. The first-order valence-electron chi connectivity index (χ1n) is 8.82. The lowest BCUT2D eigenvalue weighted by atomic mass is 10.1. The number of benzene rings is 2. The van der Waals surface area contributed by atoms with Gasteiger partial charge in [0, 0.05) is 28.5 Å². The van der Waals surface area contributed by atoms with E-state index < -0.39 is 5.97 Å². The van der Waals surface area contributed by atoms with Gasteiger partial charge in [0.2, 0.25) is 5.78 Å². The molecule has 0 saturated carbocycles. The number of fused-ring (bicyclic) bond motifs is 1. The lowest BCUT2D eigenvalue weighted by molar-refractivity contribution is 0.0474.